The Morgan fingerprint density at radius 3 is 2.57 bits per heavy atom. The number of halogens is 2. The Bertz CT molecular complexity index is 654. The molecule has 0 saturated heterocycles. The molecule has 0 aliphatic rings. The summed E-state index contributed by atoms with van der Waals surface area (Å²) in [4.78, 5) is 16.6. The molecule has 7 heteroatoms. The lowest BCUT2D eigenvalue weighted by atomic mass is 10.0. The highest BCUT2D eigenvalue weighted by Gasteiger charge is 2.23. The summed E-state index contributed by atoms with van der Waals surface area (Å²) in [5.74, 6) is 1.11. The molecule has 0 unspecified atom stereocenters. The predicted molar refractivity (Wildman–Crippen MR) is 82.6 cm³/mol. The number of nitrogens with zero attached hydrogens (tertiary/aromatic N) is 2. The van der Waals surface area contributed by atoms with Crippen LogP contribution in [0.5, 0.6) is 0 Å². The van der Waals surface area contributed by atoms with Gasteiger partial charge in [-0.1, -0.05) is 37.0 Å². The standard InChI is InChI=1S/C14H16Cl2N4O/c1-7(2)12(13-17-8(3)19-20-13)18-14(21)10-5-4-9(15)6-11(10)16/h4-7,12H,1-3H3,(H,18,21)(H,17,19,20)/t12-/m1/s1. The number of hydrogen-bond donors (Lipinski definition) is 2. The van der Waals surface area contributed by atoms with Gasteiger partial charge in [-0.2, -0.15) is 5.10 Å². The van der Waals surface area contributed by atoms with Gasteiger partial charge in [-0.15, -0.1) is 0 Å². The van der Waals surface area contributed by atoms with E-state index >= 15 is 0 Å². The molecule has 0 saturated carbocycles. The van der Waals surface area contributed by atoms with Gasteiger partial charge < -0.3 is 5.32 Å². The van der Waals surface area contributed by atoms with Gasteiger partial charge in [0.15, 0.2) is 5.82 Å². The Labute approximate surface area is 133 Å². The van der Waals surface area contributed by atoms with Crippen LogP contribution >= 0.6 is 23.2 Å². The average molecular weight is 327 g/mol. The van der Waals surface area contributed by atoms with Crippen LogP contribution in [0.3, 0.4) is 0 Å². The summed E-state index contributed by atoms with van der Waals surface area (Å²) in [5, 5.41) is 10.6. The largest absolute Gasteiger partial charge is 0.342 e. The monoisotopic (exact) mass is 326 g/mol. The van der Waals surface area contributed by atoms with Crippen molar-refractivity contribution >= 4 is 29.1 Å². The SMILES string of the molecule is Cc1nc([C@H](NC(=O)c2ccc(Cl)cc2Cl)C(C)C)n[nH]1. The predicted octanol–water partition coefficient (Wildman–Crippen LogP) is 3.55. The van der Waals surface area contributed by atoms with Crippen LogP contribution in [0.25, 0.3) is 0 Å². The topological polar surface area (TPSA) is 70.7 Å². The van der Waals surface area contributed by atoms with Crippen LogP contribution in [-0.4, -0.2) is 21.1 Å². The van der Waals surface area contributed by atoms with Gasteiger partial charge in [0.05, 0.1) is 16.6 Å². The van der Waals surface area contributed by atoms with Crippen molar-refractivity contribution in [3.8, 4) is 0 Å². The molecular weight excluding hydrogens is 311 g/mol. The van der Waals surface area contributed by atoms with Crippen molar-refractivity contribution in [1.29, 1.82) is 0 Å². The number of carbonyl (C=O) groups is 1. The molecule has 0 aliphatic carbocycles. The van der Waals surface area contributed by atoms with Gasteiger partial charge in [0.2, 0.25) is 0 Å². The van der Waals surface area contributed by atoms with Crippen molar-refractivity contribution in [2.24, 2.45) is 5.92 Å². The van der Waals surface area contributed by atoms with Crippen molar-refractivity contribution in [2.45, 2.75) is 26.8 Å². The number of aryl methyl sites for hydroxylation is 1. The second kappa shape index (κ2) is 6.45. The van der Waals surface area contributed by atoms with Gasteiger partial charge in [-0.3, -0.25) is 9.89 Å². The summed E-state index contributed by atoms with van der Waals surface area (Å²) in [6.45, 7) is 5.78. The van der Waals surface area contributed by atoms with Crippen molar-refractivity contribution in [1.82, 2.24) is 20.5 Å². The third-order valence-corrected chi connectivity index (χ3v) is 3.57. The number of nitrogens with one attached hydrogen (secondary N) is 2. The number of H-pyrrole nitrogens is 1. The molecule has 0 bridgehead atoms. The number of carbonyl (C=O) groups excluding carboxylic acids is 1. The quantitative estimate of drug-likeness (QED) is 0.902. The molecule has 1 heterocycles. The lowest BCUT2D eigenvalue weighted by Crippen LogP contribution is -2.32. The van der Waals surface area contributed by atoms with Crippen LogP contribution in [-0.2, 0) is 0 Å². The van der Waals surface area contributed by atoms with E-state index in [0.29, 0.717) is 27.3 Å². The van der Waals surface area contributed by atoms with Gasteiger partial charge in [0.25, 0.3) is 5.91 Å². The van der Waals surface area contributed by atoms with Crippen LogP contribution < -0.4 is 5.32 Å². The maximum absolute atomic E-state index is 12.4. The molecule has 2 rings (SSSR count). The maximum Gasteiger partial charge on any atom is 0.253 e. The molecule has 1 aromatic heterocycles. The second-order valence-corrected chi connectivity index (χ2v) is 5.94. The van der Waals surface area contributed by atoms with Gasteiger partial charge in [-0.25, -0.2) is 4.98 Å². The van der Waals surface area contributed by atoms with Crippen LogP contribution in [0.1, 0.15) is 41.9 Å². The first-order valence-electron chi connectivity index (χ1n) is 6.53. The Kier molecular flexibility index (Phi) is 4.85. The third-order valence-electron chi connectivity index (χ3n) is 3.02. The lowest BCUT2D eigenvalue weighted by molar-refractivity contribution is 0.0923. The number of aromatic nitrogens is 3. The zero-order valence-corrected chi connectivity index (χ0v) is 13.5. The van der Waals surface area contributed by atoms with Crippen molar-refractivity contribution in [3.05, 3.63) is 45.5 Å². The van der Waals surface area contributed by atoms with Crippen LogP contribution in [0.4, 0.5) is 0 Å². The van der Waals surface area contributed by atoms with Crippen molar-refractivity contribution in [2.75, 3.05) is 0 Å². The molecule has 1 atom stereocenters. The molecule has 1 amide bonds. The van der Waals surface area contributed by atoms with E-state index in [9.17, 15) is 4.79 Å². The highest BCUT2D eigenvalue weighted by Crippen LogP contribution is 2.23. The maximum atomic E-state index is 12.4. The fourth-order valence-electron chi connectivity index (χ4n) is 1.92. The number of amides is 1. The molecule has 0 spiro atoms. The summed E-state index contributed by atoms with van der Waals surface area (Å²) >= 11 is 11.9. The molecule has 0 fully saturated rings. The zero-order chi connectivity index (χ0) is 15.6. The number of rotatable bonds is 4. The minimum atomic E-state index is -0.297. The highest BCUT2D eigenvalue weighted by molar-refractivity contribution is 6.36. The minimum Gasteiger partial charge on any atom is -0.342 e. The highest BCUT2D eigenvalue weighted by atomic mass is 35.5. The van der Waals surface area contributed by atoms with Gasteiger partial charge in [0.1, 0.15) is 5.82 Å². The number of hydrogen-bond acceptors (Lipinski definition) is 3. The van der Waals surface area contributed by atoms with Gasteiger partial charge in [0, 0.05) is 5.02 Å². The van der Waals surface area contributed by atoms with Crippen LogP contribution in [0.15, 0.2) is 18.2 Å². The molecule has 2 N–H and O–H groups in total. The van der Waals surface area contributed by atoms with E-state index in [0.717, 1.165) is 0 Å². The first-order chi connectivity index (χ1) is 9.88. The minimum absolute atomic E-state index is 0.134. The van der Waals surface area contributed by atoms with E-state index in [4.69, 9.17) is 23.2 Å². The van der Waals surface area contributed by atoms with E-state index in [2.05, 4.69) is 20.5 Å². The van der Waals surface area contributed by atoms with Crippen LogP contribution in [0, 0.1) is 12.8 Å². The first kappa shape index (κ1) is 15.8. The Morgan fingerprint density at radius 2 is 2.05 bits per heavy atom. The van der Waals surface area contributed by atoms with E-state index < -0.39 is 0 Å². The van der Waals surface area contributed by atoms with Crippen LogP contribution in [0.2, 0.25) is 10.0 Å². The molecular formula is C14H16Cl2N4O. The molecule has 1 aromatic carbocycles. The Morgan fingerprint density at radius 1 is 1.33 bits per heavy atom. The van der Waals surface area contributed by atoms with E-state index in [1.807, 2.05) is 20.8 Å². The zero-order valence-electron chi connectivity index (χ0n) is 11.9. The smallest absolute Gasteiger partial charge is 0.253 e. The number of benzene rings is 1. The summed E-state index contributed by atoms with van der Waals surface area (Å²) in [7, 11) is 0. The molecule has 21 heavy (non-hydrogen) atoms. The van der Waals surface area contributed by atoms with Crippen molar-refractivity contribution in [3.63, 3.8) is 0 Å². The molecule has 112 valence electrons. The van der Waals surface area contributed by atoms with Crippen molar-refractivity contribution < 1.29 is 4.79 Å². The molecule has 0 aliphatic heterocycles. The fourth-order valence-corrected chi connectivity index (χ4v) is 2.42. The molecule has 2 aromatic rings. The summed E-state index contributed by atoms with van der Waals surface area (Å²) in [6.07, 6.45) is 0. The summed E-state index contributed by atoms with van der Waals surface area (Å²) in [6, 6.07) is 4.47. The molecule has 0 radical (unpaired) electrons. The van der Waals surface area contributed by atoms with E-state index in [1.165, 1.54) is 0 Å². The summed E-state index contributed by atoms with van der Waals surface area (Å²) < 4.78 is 0. The lowest BCUT2D eigenvalue weighted by Gasteiger charge is -2.19. The average Bonchev–Trinajstić information content (AvgIpc) is 2.81. The Hall–Kier alpha value is -1.59. The van der Waals surface area contributed by atoms with Gasteiger partial charge >= 0.3 is 0 Å². The van der Waals surface area contributed by atoms with E-state index in [1.54, 1.807) is 18.2 Å². The number of aromatic amines is 1. The fraction of sp³-hybridized carbons (Fsp3) is 0.357. The van der Waals surface area contributed by atoms with E-state index in [-0.39, 0.29) is 17.9 Å². The first-order valence-corrected chi connectivity index (χ1v) is 7.29. The second-order valence-electron chi connectivity index (χ2n) is 5.10. The molecule has 5 nitrogen and oxygen atoms in total. The Balaban J connectivity index is 2.22. The normalized spacial score (nSPS) is 12.5. The summed E-state index contributed by atoms with van der Waals surface area (Å²) in [5.41, 5.74) is 0.374. The van der Waals surface area contributed by atoms with Gasteiger partial charge in [-0.05, 0) is 31.0 Å². The third kappa shape index (κ3) is 3.74.